The molecule has 2 atom stereocenters. The van der Waals surface area contributed by atoms with Gasteiger partial charge in [0, 0.05) is 4.75 Å². The standard InChI is InChI=1S/C8H14F3NO2S.ClH/c1-7(2,3)15-4(6(13)14)5(12)8(9,10)11;/h4-5H,12H2,1-3H3,(H,13,14);1H/t4-,5-;/m1./s1. The minimum Gasteiger partial charge on any atom is -1.00 e. The third-order valence-electron chi connectivity index (χ3n) is 1.51. The predicted molar refractivity (Wildman–Crippen MR) is 51.5 cm³/mol. The van der Waals surface area contributed by atoms with Crippen LogP contribution in [0.4, 0.5) is 13.2 Å². The number of hydrogen-bond acceptors (Lipinski definition) is 2. The molecule has 3 nitrogen and oxygen atoms in total. The molecule has 0 fully saturated rings. The maximum atomic E-state index is 12.3. The fourth-order valence-electron chi connectivity index (χ4n) is 0.857. The maximum Gasteiger partial charge on any atom is 0.442 e. The Labute approximate surface area is 102 Å². The Bertz CT molecular complexity index is 242. The molecule has 0 aromatic rings. The number of carboxylic acid groups (broad SMARTS) is 1. The number of halogens is 4. The maximum absolute atomic E-state index is 12.3. The molecule has 0 heterocycles. The van der Waals surface area contributed by atoms with E-state index >= 15 is 0 Å². The lowest BCUT2D eigenvalue weighted by atomic mass is 10.2. The van der Waals surface area contributed by atoms with Crippen LogP contribution < -0.4 is 18.1 Å². The second-order valence-electron chi connectivity index (χ2n) is 4.14. The van der Waals surface area contributed by atoms with Crippen LogP contribution in [-0.4, -0.2) is 33.3 Å². The molecule has 0 aliphatic carbocycles. The number of hydrogen-bond donors (Lipinski definition) is 2. The molecule has 0 radical (unpaired) electrons. The highest BCUT2D eigenvalue weighted by atomic mass is 35.5. The van der Waals surface area contributed by atoms with Crippen LogP contribution in [-0.2, 0) is 4.79 Å². The Hall–Kier alpha value is -0.140. The van der Waals surface area contributed by atoms with Crippen LogP contribution in [0.5, 0.6) is 0 Å². The van der Waals surface area contributed by atoms with E-state index in [1.165, 1.54) is 0 Å². The van der Waals surface area contributed by atoms with Crippen LogP contribution in [0.15, 0.2) is 0 Å². The predicted octanol–water partition coefficient (Wildman–Crippen LogP) is -1.85. The first-order chi connectivity index (χ1) is 6.45. The molecule has 0 amide bonds. The fourth-order valence-corrected chi connectivity index (χ4v) is 2.04. The minimum atomic E-state index is -4.58. The van der Waals surface area contributed by atoms with Gasteiger partial charge in [0.2, 0.25) is 6.04 Å². The van der Waals surface area contributed by atoms with Gasteiger partial charge in [-0.2, -0.15) is 13.2 Å². The van der Waals surface area contributed by atoms with Gasteiger partial charge in [0.1, 0.15) is 0 Å². The molecule has 0 spiro atoms. The van der Waals surface area contributed by atoms with Crippen molar-refractivity contribution in [2.24, 2.45) is 0 Å². The molecule has 4 N–H and O–H groups in total. The summed E-state index contributed by atoms with van der Waals surface area (Å²) in [5.41, 5.74) is 2.89. The van der Waals surface area contributed by atoms with Gasteiger partial charge in [-0.25, -0.2) is 0 Å². The lowest BCUT2D eigenvalue weighted by Crippen LogP contribution is -3.00. The summed E-state index contributed by atoms with van der Waals surface area (Å²) in [4.78, 5) is 10.7. The molecule has 0 rings (SSSR count). The van der Waals surface area contributed by atoms with Gasteiger partial charge >= 0.3 is 12.1 Å². The quantitative estimate of drug-likeness (QED) is 0.638. The minimum absolute atomic E-state index is 0. The summed E-state index contributed by atoms with van der Waals surface area (Å²) in [6.07, 6.45) is -4.58. The van der Waals surface area contributed by atoms with Crippen molar-refractivity contribution in [1.29, 1.82) is 0 Å². The molecule has 0 saturated heterocycles. The highest BCUT2D eigenvalue weighted by molar-refractivity contribution is 8.01. The van der Waals surface area contributed by atoms with E-state index in [-0.39, 0.29) is 12.4 Å². The highest BCUT2D eigenvalue weighted by Crippen LogP contribution is 2.33. The summed E-state index contributed by atoms with van der Waals surface area (Å²) in [6.45, 7) is 4.99. The highest BCUT2D eigenvalue weighted by Gasteiger charge is 2.50. The Morgan fingerprint density at radius 2 is 1.69 bits per heavy atom. The van der Waals surface area contributed by atoms with E-state index in [0.717, 1.165) is 11.8 Å². The Morgan fingerprint density at radius 3 is 1.88 bits per heavy atom. The average Bonchev–Trinajstić information content (AvgIpc) is 1.94. The third-order valence-corrected chi connectivity index (χ3v) is 3.00. The molecule has 0 aromatic heterocycles. The zero-order valence-corrected chi connectivity index (χ0v) is 10.7. The van der Waals surface area contributed by atoms with Crippen molar-refractivity contribution < 1.29 is 41.2 Å². The second kappa shape index (κ2) is 5.97. The number of carboxylic acids is 1. The Balaban J connectivity index is 0. The SMILES string of the molecule is CC(C)(C)S[C@@H](C(=O)O)[C@@H]([NH3+])C(F)(F)F.[Cl-]. The van der Waals surface area contributed by atoms with Gasteiger partial charge in [-0.05, 0) is 0 Å². The zero-order chi connectivity index (χ0) is 12.4. The van der Waals surface area contributed by atoms with Gasteiger partial charge < -0.3 is 23.2 Å². The van der Waals surface area contributed by atoms with Crippen molar-refractivity contribution in [3.05, 3.63) is 0 Å². The third kappa shape index (κ3) is 6.44. The van der Waals surface area contributed by atoms with E-state index in [1.54, 1.807) is 20.8 Å². The molecule has 98 valence electrons. The lowest BCUT2D eigenvalue weighted by Gasteiger charge is -2.26. The molecule has 16 heavy (non-hydrogen) atoms. The van der Waals surface area contributed by atoms with Gasteiger partial charge in [0.05, 0.1) is 0 Å². The molecule has 0 saturated carbocycles. The van der Waals surface area contributed by atoms with E-state index in [0.29, 0.717) is 0 Å². The van der Waals surface area contributed by atoms with Gasteiger partial charge in [0.15, 0.2) is 5.25 Å². The number of thioether (sulfide) groups is 1. The van der Waals surface area contributed by atoms with Crippen molar-refractivity contribution in [1.82, 2.24) is 0 Å². The molecular formula is C8H15ClF3NO2S. The second-order valence-corrected chi connectivity index (χ2v) is 6.11. The lowest BCUT2D eigenvalue weighted by molar-refractivity contribution is -0.477. The molecule has 8 heteroatoms. The van der Waals surface area contributed by atoms with E-state index in [1.807, 2.05) is 0 Å². The summed E-state index contributed by atoms with van der Waals surface area (Å²) in [5.74, 6) is -1.48. The van der Waals surface area contributed by atoms with Crippen molar-refractivity contribution in [3.8, 4) is 0 Å². The number of rotatable bonds is 3. The molecular weight excluding hydrogens is 267 g/mol. The van der Waals surface area contributed by atoms with Crippen molar-refractivity contribution in [2.75, 3.05) is 0 Å². The smallest absolute Gasteiger partial charge is 0.442 e. The number of alkyl halides is 3. The molecule has 0 aromatic carbocycles. The average molecular weight is 282 g/mol. The molecule has 0 unspecified atom stereocenters. The van der Waals surface area contributed by atoms with Crippen LogP contribution in [0.25, 0.3) is 0 Å². The van der Waals surface area contributed by atoms with Gasteiger partial charge in [-0.1, -0.05) is 20.8 Å². The first kappa shape index (κ1) is 18.2. The fraction of sp³-hybridized carbons (Fsp3) is 0.875. The Kier molecular flexibility index (Phi) is 6.81. The van der Waals surface area contributed by atoms with Crippen molar-refractivity contribution >= 4 is 17.7 Å². The van der Waals surface area contributed by atoms with E-state index in [4.69, 9.17) is 5.11 Å². The first-order valence-electron chi connectivity index (χ1n) is 4.25. The summed E-state index contributed by atoms with van der Waals surface area (Å²) in [5, 5.41) is 7.14. The largest absolute Gasteiger partial charge is 1.00 e. The topological polar surface area (TPSA) is 64.9 Å². The zero-order valence-electron chi connectivity index (χ0n) is 9.14. The monoisotopic (exact) mass is 281 g/mol. The summed E-state index contributed by atoms with van der Waals surface area (Å²) >= 11 is 0.763. The Morgan fingerprint density at radius 1 is 1.31 bits per heavy atom. The number of carbonyl (C=O) groups is 1. The van der Waals surface area contributed by atoms with Crippen LogP contribution >= 0.6 is 11.8 Å². The van der Waals surface area contributed by atoms with Gasteiger partial charge in [-0.3, -0.25) is 4.79 Å². The number of quaternary nitrogens is 1. The van der Waals surface area contributed by atoms with Gasteiger partial charge in [0.25, 0.3) is 0 Å². The van der Waals surface area contributed by atoms with Crippen LogP contribution in [0.3, 0.4) is 0 Å². The summed E-state index contributed by atoms with van der Waals surface area (Å²) in [7, 11) is 0. The van der Waals surface area contributed by atoms with Gasteiger partial charge in [-0.15, -0.1) is 11.8 Å². The van der Waals surface area contributed by atoms with E-state index in [2.05, 4.69) is 5.73 Å². The van der Waals surface area contributed by atoms with Crippen LogP contribution in [0.2, 0.25) is 0 Å². The number of aliphatic carboxylic acids is 1. The first-order valence-corrected chi connectivity index (χ1v) is 5.13. The molecule has 0 aliphatic heterocycles. The molecule has 0 bridgehead atoms. The normalized spacial score (nSPS) is 16.2. The van der Waals surface area contributed by atoms with Crippen molar-refractivity contribution in [2.45, 2.75) is 43.0 Å². The van der Waals surface area contributed by atoms with Crippen LogP contribution in [0, 0.1) is 0 Å². The van der Waals surface area contributed by atoms with E-state index in [9.17, 15) is 18.0 Å². The van der Waals surface area contributed by atoms with Crippen LogP contribution in [0.1, 0.15) is 20.8 Å². The summed E-state index contributed by atoms with van der Waals surface area (Å²) < 4.78 is 36.3. The summed E-state index contributed by atoms with van der Waals surface area (Å²) in [6, 6.07) is -2.10. The molecule has 0 aliphatic rings. The van der Waals surface area contributed by atoms with Crippen molar-refractivity contribution in [3.63, 3.8) is 0 Å². The van der Waals surface area contributed by atoms with E-state index < -0.39 is 28.2 Å².